The van der Waals surface area contributed by atoms with Crippen molar-refractivity contribution in [2.24, 2.45) is 0 Å². The van der Waals surface area contributed by atoms with Crippen molar-refractivity contribution < 1.29 is 0 Å². The van der Waals surface area contributed by atoms with Gasteiger partial charge in [-0.2, -0.15) is 0 Å². The third-order valence-electron chi connectivity index (χ3n) is 5.08. The van der Waals surface area contributed by atoms with E-state index in [0.29, 0.717) is 17.0 Å². The van der Waals surface area contributed by atoms with Gasteiger partial charge >= 0.3 is 0 Å². The minimum atomic E-state index is -0.0771. The van der Waals surface area contributed by atoms with E-state index in [1.165, 1.54) is 6.33 Å². The number of rotatable bonds is 4. The SMILES string of the molecule is C=C1c2c(I)cccc2C=C([C@H](C)Nc2ncnc3[nH]cnc23)N1c1cc#ccc1. The van der Waals surface area contributed by atoms with Gasteiger partial charge in [0.05, 0.1) is 18.1 Å². The zero-order valence-corrected chi connectivity index (χ0v) is 18.3. The fourth-order valence-electron chi connectivity index (χ4n) is 3.71. The summed E-state index contributed by atoms with van der Waals surface area (Å²) in [7, 11) is 0. The standard InChI is InChI=1S/C23H17IN6/c1-14(29-23-21-22(26-12-25-21)27-13-28-23)19-11-16-7-6-10-18(24)20(16)15(2)30(19)17-8-4-3-5-9-17/h4,6-14H,2H2,1H3,(H2,25,26,27,28,29)/t14-/m0/s1. The first kappa shape index (κ1) is 18.6. The lowest BCUT2D eigenvalue weighted by atomic mass is 9.95. The Hall–Kier alpha value is -3.38. The number of aromatic nitrogens is 4. The summed E-state index contributed by atoms with van der Waals surface area (Å²) in [6.07, 6.45) is 5.35. The van der Waals surface area contributed by atoms with E-state index >= 15 is 0 Å². The van der Waals surface area contributed by atoms with Crippen molar-refractivity contribution in [3.63, 3.8) is 0 Å². The first-order valence-electron chi connectivity index (χ1n) is 9.41. The second-order valence-electron chi connectivity index (χ2n) is 6.93. The molecule has 2 aromatic heterocycles. The summed E-state index contributed by atoms with van der Waals surface area (Å²) in [6.45, 7) is 6.54. The molecular formula is C23H17IN6. The molecule has 6 nitrogen and oxygen atoms in total. The lowest BCUT2D eigenvalue weighted by Crippen LogP contribution is -2.34. The van der Waals surface area contributed by atoms with Gasteiger partial charge in [0.15, 0.2) is 11.5 Å². The van der Waals surface area contributed by atoms with Gasteiger partial charge in [0, 0.05) is 26.6 Å². The predicted octanol–water partition coefficient (Wildman–Crippen LogP) is 4.89. The molecule has 1 aliphatic rings. The molecule has 0 aliphatic carbocycles. The topological polar surface area (TPSA) is 69.7 Å². The Kier molecular flexibility index (Phi) is 4.64. The number of hydrogen-bond acceptors (Lipinski definition) is 5. The van der Waals surface area contributed by atoms with Crippen LogP contribution in [0.1, 0.15) is 18.1 Å². The van der Waals surface area contributed by atoms with Gasteiger partial charge in [-0.3, -0.25) is 0 Å². The predicted molar refractivity (Wildman–Crippen MR) is 128 cm³/mol. The van der Waals surface area contributed by atoms with Crippen LogP contribution in [0.15, 0.2) is 61.3 Å². The molecule has 1 atom stereocenters. The largest absolute Gasteiger partial charge is 0.360 e. The number of H-pyrrole nitrogens is 1. The normalized spacial score (nSPS) is 14.1. The molecular weight excluding hydrogens is 487 g/mol. The Bertz CT molecular complexity index is 1280. The lowest BCUT2D eigenvalue weighted by molar-refractivity contribution is 0.883. The maximum absolute atomic E-state index is 4.44. The average Bonchev–Trinajstić information content (AvgIpc) is 3.24. The zero-order valence-electron chi connectivity index (χ0n) is 16.1. The highest BCUT2D eigenvalue weighted by molar-refractivity contribution is 14.1. The van der Waals surface area contributed by atoms with Gasteiger partial charge in [-0.15, -0.1) is 0 Å². The number of halogens is 1. The highest BCUT2D eigenvalue weighted by atomic mass is 127. The summed E-state index contributed by atoms with van der Waals surface area (Å²) in [6, 6.07) is 18.0. The lowest BCUT2D eigenvalue weighted by Gasteiger charge is -2.37. The van der Waals surface area contributed by atoms with E-state index in [1.807, 2.05) is 18.2 Å². The van der Waals surface area contributed by atoms with Gasteiger partial charge in [0.1, 0.15) is 11.8 Å². The number of fused-ring (bicyclic) bond motifs is 2. The van der Waals surface area contributed by atoms with Crippen LogP contribution in [-0.2, 0) is 0 Å². The van der Waals surface area contributed by atoms with Crippen LogP contribution in [0.25, 0.3) is 22.9 Å². The fraction of sp³-hybridized carbons (Fsp3) is 0.0870. The molecule has 7 heteroatoms. The van der Waals surface area contributed by atoms with Crippen LogP contribution in [0, 0.1) is 15.7 Å². The van der Waals surface area contributed by atoms with Crippen LogP contribution in [0.4, 0.5) is 11.5 Å². The van der Waals surface area contributed by atoms with Gasteiger partial charge in [0.2, 0.25) is 0 Å². The second kappa shape index (κ2) is 7.46. The molecule has 0 amide bonds. The molecule has 30 heavy (non-hydrogen) atoms. The van der Waals surface area contributed by atoms with E-state index in [1.54, 1.807) is 6.33 Å². The number of imidazole rings is 1. The van der Waals surface area contributed by atoms with Gasteiger partial charge in [0.25, 0.3) is 0 Å². The molecule has 0 radical (unpaired) electrons. The van der Waals surface area contributed by atoms with Crippen LogP contribution < -0.4 is 10.2 Å². The molecule has 0 saturated carbocycles. The molecule has 5 rings (SSSR count). The molecule has 1 aliphatic heterocycles. The summed E-state index contributed by atoms with van der Waals surface area (Å²) in [5, 5.41) is 3.50. The van der Waals surface area contributed by atoms with Gasteiger partial charge in [-0.05, 0) is 59.4 Å². The van der Waals surface area contributed by atoms with E-state index in [9.17, 15) is 0 Å². The summed E-state index contributed by atoms with van der Waals surface area (Å²) in [5.74, 6) is 0.682. The number of aromatic amines is 1. The van der Waals surface area contributed by atoms with Gasteiger partial charge in [-0.1, -0.05) is 30.8 Å². The van der Waals surface area contributed by atoms with Crippen LogP contribution >= 0.6 is 22.6 Å². The Morgan fingerprint density at radius 2 is 2.10 bits per heavy atom. The van der Waals surface area contributed by atoms with Crippen LogP contribution in [0.5, 0.6) is 0 Å². The van der Waals surface area contributed by atoms with E-state index in [4.69, 9.17) is 0 Å². The minimum absolute atomic E-state index is 0.0771. The fourth-order valence-corrected chi connectivity index (χ4v) is 4.54. The number of hydrogen-bond donors (Lipinski definition) is 2. The highest BCUT2D eigenvalue weighted by Crippen LogP contribution is 2.39. The van der Waals surface area contributed by atoms with Gasteiger partial charge < -0.3 is 15.2 Å². The number of nitrogens with zero attached hydrogens (tertiary/aromatic N) is 4. The monoisotopic (exact) mass is 504 g/mol. The van der Waals surface area contributed by atoms with Crippen molar-refractivity contribution >= 4 is 57.0 Å². The summed E-state index contributed by atoms with van der Waals surface area (Å²) in [5.41, 5.74) is 6.65. The quantitative estimate of drug-likeness (QED) is 0.388. The Morgan fingerprint density at radius 1 is 1.20 bits per heavy atom. The highest BCUT2D eigenvalue weighted by Gasteiger charge is 2.28. The molecule has 4 aromatic rings. The van der Waals surface area contributed by atoms with Crippen LogP contribution in [0.3, 0.4) is 0 Å². The summed E-state index contributed by atoms with van der Waals surface area (Å²) >= 11 is 2.36. The van der Waals surface area contributed by atoms with E-state index < -0.39 is 0 Å². The number of anilines is 2. The molecule has 0 saturated heterocycles. The first-order valence-corrected chi connectivity index (χ1v) is 10.5. The average molecular weight is 504 g/mol. The molecule has 146 valence electrons. The van der Waals surface area contributed by atoms with Crippen LogP contribution in [0.2, 0.25) is 0 Å². The van der Waals surface area contributed by atoms with E-state index in [-0.39, 0.29) is 6.04 Å². The van der Waals surface area contributed by atoms with Gasteiger partial charge in [-0.25, -0.2) is 15.0 Å². The first-order chi connectivity index (χ1) is 14.6. The maximum atomic E-state index is 4.44. The molecule has 0 bridgehead atoms. The third kappa shape index (κ3) is 3.09. The smallest absolute Gasteiger partial charge is 0.162 e. The van der Waals surface area contributed by atoms with Crippen molar-refractivity contribution in [1.82, 2.24) is 19.9 Å². The maximum Gasteiger partial charge on any atom is 0.162 e. The molecule has 0 spiro atoms. The third-order valence-corrected chi connectivity index (χ3v) is 5.98. The van der Waals surface area contributed by atoms with Crippen molar-refractivity contribution in [2.75, 3.05) is 10.2 Å². The van der Waals surface area contributed by atoms with E-state index in [2.05, 4.69) is 103 Å². The molecule has 0 unspecified atom stereocenters. The Balaban J connectivity index is 1.61. The Morgan fingerprint density at radius 3 is 2.93 bits per heavy atom. The Labute approximate surface area is 187 Å². The molecule has 2 aromatic carbocycles. The summed E-state index contributed by atoms with van der Waals surface area (Å²) in [4.78, 5) is 18.2. The van der Waals surface area contributed by atoms with Crippen molar-refractivity contribution in [2.45, 2.75) is 13.0 Å². The molecule has 2 N–H and O–H groups in total. The molecule has 3 heterocycles. The van der Waals surface area contributed by atoms with Crippen molar-refractivity contribution in [3.8, 4) is 0 Å². The van der Waals surface area contributed by atoms with Crippen molar-refractivity contribution in [1.29, 1.82) is 0 Å². The summed E-state index contributed by atoms with van der Waals surface area (Å²) < 4.78 is 1.16. The van der Waals surface area contributed by atoms with E-state index in [0.717, 1.165) is 31.8 Å². The van der Waals surface area contributed by atoms with Crippen molar-refractivity contribution in [3.05, 3.63) is 88.2 Å². The minimum Gasteiger partial charge on any atom is -0.360 e. The van der Waals surface area contributed by atoms with Crippen LogP contribution in [-0.4, -0.2) is 26.0 Å². The number of benzene rings is 1. The zero-order chi connectivity index (χ0) is 20.7. The molecule has 0 fully saturated rings. The second-order valence-corrected chi connectivity index (χ2v) is 8.10. The number of nitrogens with one attached hydrogen (secondary N) is 2.